The van der Waals surface area contributed by atoms with Crippen molar-refractivity contribution in [3.63, 3.8) is 0 Å². The van der Waals surface area contributed by atoms with Gasteiger partial charge in [0.05, 0.1) is 36.6 Å². The lowest BCUT2D eigenvalue weighted by atomic mass is 9.94. The number of nitrogens with zero attached hydrogens (tertiary/aromatic N) is 3. The lowest BCUT2D eigenvalue weighted by Crippen LogP contribution is -2.40. The summed E-state index contributed by atoms with van der Waals surface area (Å²) in [6, 6.07) is 8.45. The zero-order valence-electron chi connectivity index (χ0n) is 19.1. The molecule has 172 valence electrons. The second-order valence-corrected chi connectivity index (χ2v) is 8.44. The van der Waals surface area contributed by atoms with Crippen LogP contribution in [0.5, 0.6) is 11.5 Å². The van der Waals surface area contributed by atoms with Crippen molar-refractivity contribution in [2.24, 2.45) is 12.0 Å². The van der Waals surface area contributed by atoms with E-state index in [-0.39, 0.29) is 12.2 Å². The van der Waals surface area contributed by atoms with Crippen LogP contribution < -0.4 is 24.4 Å². The number of aryl methyl sites for hydroxylation is 1. The molecular formula is C24H25N3O5S. The monoisotopic (exact) mass is 467 g/mol. The topological polar surface area (TPSA) is 84.1 Å². The lowest BCUT2D eigenvalue weighted by molar-refractivity contribution is -0.139. The standard InChI is InChI=1S/C24H25N3O5S/c1-6-32-23(29)19-14(2)25-24-27(20(19)16-10-7-11-17(30-4)21(16)31-5)22(28)18(33-24)13-15-9-8-12-26(15)3/h7-13,20H,6H2,1-5H3/b18-13-/t20-/m1/s1. The van der Waals surface area contributed by atoms with Gasteiger partial charge in [-0.1, -0.05) is 23.5 Å². The first kappa shape index (κ1) is 22.6. The third-order valence-corrected chi connectivity index (χ3v) is 6.49. The molecule has 0 radical (unpaired) electrons. The Bertz CT molecular complexity index is 1430. The van der Waals surface area contributed by atoms with Crippen LogP contribution in [0, 0.1) is 0 Å². The molecule has 0 saturated heterocycles. The zero-order chi connectivity index (χ0) is 23.7. The third kappa shape index (κ3) is 3.89. The van der Waals surface area contributed by atoms with Gasteiger partial charge in [0.15, 0.2) is 16.3 Å². The van der Waals surface area contributed by atoms with Gasteiger partial charge >= 0.3 is 5.97 Å². The first-order valence-corrected chi connectivity index (χ1v) is 11.2. The average molecular weight is 468 g/mol. The van der Waals surface area contributed by atoms with Gasteiger partial charge in [0.2, 0.25) is 0 Å². The van der Waals surface area contributed by atoms with E-state index >= 15 is 0 Å². The normalized spacial score (nSPS) is 15.8. The highest BCUT2D eigenvalue weighted by Crippen LogP contribution is 2.40. The summed E-state index contributed by atoms with van der Waals surface area (Å²) in [6.07, 6.45) is 3.74. The highest BCUT2D eigenvalue weighted by atomic mass is 32.1. The number of aromatic nitrogens is 2. The van der Waals surface area contributed by atoms with E-state index in [0.29, 0.717) is 37.7 Å². The first-order valence-electron chi connectivity index (χ1n) is 10.4. The van der Waals surface area contributed by atoms with Gasteiger partial charge < -0.3 is 18.8 Å². The molecule has 4 rings (SSSR count). The van der Waals surface area contributed by atoms with Gasteiger partial charge in [-0.15, -0.1) is 0 Å². The number of ether oxygens (including phenoxy) is 3. The molecule has 0 aliphatic carbocycles. The lowest BCUT2D eigenvalue weighted by Gasteiger charge is -2.26. The predicted octanol–water partition coefficient (Wildman–Crippen LogP) is 2.15. The van der Waals surface area contributed by atoms with Gasteiger partial charge in [0, 0.05) is 24.5 Å². The van der Waals surface area contributed by atoms with Gasteiger partial charge in [-0.2, -0.15) is 0 Å². The van der Waals surface area contributed by atoms with E-state index in [1.807, 2.05) is 42.1 Å². The fraction of sp³-hybridized carbons (Fsp3) is 0.292. The molecule has 2 aromatic heterocycles. The predicted molar refractivity (Wildman–Crippen MR) is 125 cm³/mol. The summed E-state index contributed by atoms with van der Waals surface area (Å²) in [5, 5.41) is 0. The number of rotatable bonds is 6. The number of carbonyl (C=O) groups excluding carboxylic acids is 1. The zero-order valence-corrected chi connectivity index (χ0v) is 19.9. The van der Waals surface area contributed by atoms with Crippen molar-refractivity contribution in [2.75, 3.05) is 20.8 Å². The molecule has 0 fully saturated rings. The molecule has 0 spiro atoms. The van der Waals surface area contributed by atoms with E-state index in [4.69, 9.17) is 14.2 Å². The van der Waals surface area contributed by atoms with Crippen LogP contribution >= 0.6 is 11.3 Å². The highest BCUT2D eigenvalue weighted by Gasteiger charge is 2.35. The van der Waals surface area contributed by atoms with Crippen LogP contribution in [0.4, 0.5) is 0 Å². The quantitative estimate of drug-likeness (QED) is 0.519. The number of thiazole rings is 1. The molecule has 0 bridgehead atoms. The Kier molecular flexibility index (Phi) is 6.24. The molecule has 0 unspecified atom stereocenters. The third-order valence-electron chi connectivity index (χ3n) is 5.51. The largest absolute Gasteiger partial charge is 0.493 e. The van der Waals surface area contributed by atoms with Crippen LogP contribution in [0.2, 0.25) is 0 Å². The fourth-order valence-corrected chi connectivity index (χ4v) is 5.00. The van der Waals surface area contributed by atoms with Crippen molar-refractivity contribution >= 4 is 23.4 Å². The molecule has 1 aliphatic heterocycles. The number of hydrogen-bond donors (Lipinski definition) is 0. The number of methoxy groups -OCH3 is 2. The molecule has 8 nitrogen and oxygen atoms in total. The molecular weight excluding hydrogens is 442 g/mol. The second kappa shape index (κ2) is 9.11. The molecule has 1 aromatic carbocycles. The SMILES string of the molecule is CCOC(=O)C1=C(C)N=c2s/c(=C\c3cccn3C)c(=O)n2[C@@H]1c1cccc(OC)c1OC. The van der Waals surface area contributed by atoms with Crippen LogP contribution in [0.25, 0.3) is 6.08 Å². The summed E-state index contributed by atoms with van der Waals surface area (Å²) in [5.74, 6) is 0.419. The molecule has 0 saturated carbocycles. The van der Waals surface area contributed by atoms with Gasteiger partial charge in [-0.3, -0.25) is 9.36 Å². The average Bonchev–Trinajstić information content (AvgIpc) is 3.34. The van der Waals surface area contributed by atoms with Crippen molar-refractivity contribution < 1.29 is 19.0 Å². The van der Waals surface area contributed by atoms with Crippen LogP contribution in [0.15, 0.2) is 57.6 Å². The summed E-state index contributed by atoms with van der Waals surface area (Å²) in [5.41, 5.74) is 2.04. The van der Waals surface area contributed by atoms with Gasteiger partial charge in [0.25, 0.3) is 5.56 Å². The van der Waals surface area contributed by atoms with E-state index in [2.05, 4.69) is 4.99 Å². The summed E-state index contributed by atoms with van der Waals surface area (Å²) in [7, 11) is 4.98. The van der Waals surface area contributed by atoms with E-state index in [9.17, 15) is 9.59 Å². The smallest absolute Gasteiger partial charge is 0.338 e. The van der Waals surface area contributed by atoms with Crippen LogP contribution in [0.1, 0.15) is 31.1 Å². The molecule has 1 atom stereocenters. The minimum Gasteiger partial charge on any atom is -0.493 e. The van der Waals surface area contributed by atoms with Crippen molar-refractivity contribution in [3.05, 3.63) is 78.7 Å². The Hall–Kier alpha value is -3.59. The number of carbonyl (C=O) groups is 1. The van der Waals surface area contributed by atoms with E-state index in [1.165, 1.54) is 23.0 Å². The maximum absolute atomic E-state index is 13.6. The number of benzene rings is 1. The Morgan fingerprint density at radius 2 is 2.00 bits per heavy atom. The van der Waals surface area contributed by atoms with Crippen molar-refractivity contribution in [1.82, 2.24) is 9.13 Å². The number of allylic oxidation sites excluding steroid dienone is 1. The van der Waals surface area contributed by atoms with Crippen molar-refractivity contribution in [1.29, 1.82) is 0 Å². The Labute approximate surface area is 194 Å². The molecule has 33 heavy (non-hydrogen) atoms. The first-order chi connectivity index (χ1) is 15.9. The summed E-state index contributed by atoms with van der Waals surface area (Å²) in [4.78, 5) is 31.8. The maximum atomic E-state index is 13.6. The Morgan fingerprint density at radius 3 is 2.64 bits per heavy atom. The van der Waals surface area contributed by atoms with E-state index in [0.717, 1.165) is 5.69 Å². The minimum atomic E-state index is -0.777. The summed E-state index contributed by atoms with van der Waals surface area (Å²) < 4.78 is 20.4. The number of fused-ring (bicyclic) bond motifs is 1. The van der Waals surface area contributed by atoms with Gasteiger partial charge in [0.1, 0.15) is 6.04 Å². The van der Waals surface area contributed by atoms with Crippen molar-refractivity contribution in [3.8, 4) is 11.5 Å². The summed E-state index contributed by atoms with van der Waals surface area (Å²) >= 11 is 1.28. The van der Waals surface area contributed by atoms with Gasteiger partial charge in [-0.05, 0) is 38.1 Å². The van der Waals surface area contributed by atoms with Crippen LogP contribution in [-0.4, -0.2) is 35.9 Å². The van der Waals surface area contributed by atoms with Gasteiger partial charge in [-0.25, -0.2) is 9.79 Å². The second-order valence-electron chi connectivity index (χ2n) is 7.43. The number of para-hydroxylation sites is 1. The van der Waals surface area contributed by atoms with Crippen molar-refractivity contribution in [2.45, 2.75) is 19.9 Å². The molecule has 3 aromatic rings. The van der Waals surface area contributed by atoms with Crippen LogP contribution in [0.3, 0.4) is 0 Å². The van der Waals surface area contributed by atoms with E-state index < -0.39 is 12.0 Å². The molecule has 0 amide bonds. The van der Waals surface area contributed by atoms with E-state index in [1.54, 1.807) is 33.1 Å². The molecule has 0 N–H and O–H groups in total. The van der Waals surface area contributed by atoms with Crippen LogP contribution in [-0.2, 0) is 16.6 Å². The Morgan fingerprint density at radius 1 is 1.21 bits per heavy atom. The Balaban J connectivity index is 2.04. The fourth-order valence-electron chi connectivity index (χ4n) is 3.97. The summed E-state index contributed by atoms with van der Waals surface area (Å²) in [6.45, 7) is 3.69. The number of esters is 1. The molecule has 1 aliphatic rings. The molecule has 9 heteroatoms. The molecule has 3 heterocycles. The highest BCUT2D eigenvalue weighted by molar-refractivity contribution is 7.07. The number of hydrogen-bond acceptors (Lipinski definition) is 7. The minimum absolute atomic E-state index is 0.204. The maximum Gasteiger partial charge on any atom is 0.338 e.